The van der Waals surface area contributed by atoms with Crippen LogP contribution >= 0.6 is 0 Å². The number of carbonyl (C=O) groups excluding carboxylic acids is 1. The molecule has 0 bridgehead atoms. The standard InChI is InChI=1S/C8H11F3N4O/c9-8(10,11)1-2-13-7(16)5-15-4-6(12)3-14-15/h3-4H,1-2,5,12H2,(H,13,16). The Morgan fingerprint density at radius 1 is 1.56 bits per heavy atom. The number of nitrogens with two attached hydrogens (primary N) is 1. The number of amides is 1. The lowest BCUT2D eigenvalue weighted by Crippen LogP contribution is -2.31. The second kappa shape index (κ2) is 4.86. The first-order chi connectivity index (χ1) is 7.37. The van der Waals surface area contributed by atoms with Crippen molar-refractivity contribution in [1.82, 2.24) is 15.1 Å². The average molecular weight is 236 g/mol. The van der Waals surface area contributed by atoms with Gasteiger partial charge in [0.15, 0.2) is 0 Å². The Morgan fingerprint density at radius 3 is 2.75 bits per heavy atom. The lowest BCUT2D eigenvalue weighted by Gasteiger charge is -2.07. The van der Waals surface area contributed by atoms with Gasteiger partial charge in [0.25, 0.3) is 0 Å². The number of anilines is 1. The van der Waals surface area contributed by atoms with Crippen LogP contribution in [0.4, 0.5) is 18.9 Å². The fourth-order valence-corrected chi connectivity index (χ4v) is 1.01. The summed E-state index contributed by atoms with van der Waals surface area (Å²) in [6.07, 6.45) is -2.53. The molecule has 0 radical (unpaired) electrons. The van der Waals surface area contributed by atoms with Crippen molar-refractivity contribution in [3.8, 4) is 0 Å². The molecule has 1 amide bonds. The average Bonchev–Trinajstić information content (AvgIpc) is 2.48. The first kappa shape index (κ1) is 12.3. The number of aromatic nitrogens is 2. The molecule has 0 saturated heterocycles. The Balaban J connectivity index is 2.26. The van der Waals surface area contributed by atoms with Gasteiger partial charge in [0.05, 0.1) is 18.3 Å². The molecule has 0 fully saturated rings. The molecule has 5 nitrogen and oxygen atoms in total. The van der Waals surface area contributed by atoms with Crippen molar-refractivity contribution >= 4 is 11.6 Å². The van der Waals surface area contributed by atoms with Gasteiger partial charge < -0.3 is 11.1 Å². The molecule has 0 saturated carbocycles. The molecule has 0 aliphatic carbocycles. The molecule has 3 N–H and O–H groups in total. The van der Waals surface area contributed by atoms with E-state index in [-0.39, 0.29) is 6.54 Å². The van der Waals surface area contributed by atoms with E-state index in [0.717, 1.165) is 0 Å². The van der Waals surface area contributed by atoms with Gasteiger partial charge in [-0.3, -0.25) is 9.48 Å². The molecule has 1 aromatic heterocycles. The maximum atomic E-state index is 11.8. The van der Waals surface area contributed by atoms with Crippen molar-refractivity contribution in [1.29, 1.82) is 0 Å². The zero-order chi connectivity index (χ0) is 12.2. The van der Waals surface area contributed by atoms with Crippen molar-refractivity contribution in [3.05, 3.63) is 12.4 Å². The Bertz CT molecular complexity index is 360. The van der Waals surface area contributed by atoms with E-state index >= 15 is 0 Å². The van der Waals surface area contributed by atoms with Crippen LogP contribution in [0.3, 0.4) is 0 Å². The summed E-state index contributed by atoms with van der Waals surface area (Å²) in [5, 5.41) is 5.86. The molecule has 1 heterocycles. The maximum absolute atomic E-state index is 11.8. The molecule has 0 atom stereocenters. The Kier molecular flexibility index (Phi) is 3.75. The Labute approximate surface area is 89.4 Å². The summed E-state index contributed by atoms with van der Waals surface area (Å²) in [7, 11) is 0. The predicted octanol–water partition coefficient (Wildman–Crippen LogP) is 0.534. The van der Waals surface area contributed by atoms with Gasteiger partial charge in [0.2, 0.25) is 5.91 Å². The van der Waals surface area contributed by atoms with Crippen LogP contribution in [0.25, 0.3) is 0 Å². The van der Waals surface area contributed by atoms with Crippen LogP contribution < -0.4 is 11.1 Å². The zero-order valence-electron chi connectivity index (χ0n) is 8.29. The highest BCUT2D eigenvalue weighted by molar-refractivity contribution is 5.75. The summed E-state index contributed by atoms with van der Waals surface area (Å²) in [6, 6.07) is 0. The van der Waals surface area contributed by atoms with Crippen molar-refractivity contribution < 1.29 is 18.0 Å². The van der Waals surface area contributed by atoms with Gasteiger partial charge >= 0.3 is 6.18 Å². The van der Waals surface area contributed by atoms with Gasteiger partial charge in [-0.05, 0) is 0 Å². The number of carbonyl (C=O) groups is 1. The highest BCUT2D eigenvalue weighted by atomic mass is 19.4. The van der Waals surface area contributed by atoms with Gasteiger partial charge in [-0.2, -0.15) is 18.3 Å². The lowest BCUT2D eigenvalue weighted by atomic mass is 10.4. The Hall–Kier alpha value is -1.73. The fraction of sp³-hybridized carbons (Fsp3) is 0.500. The molecule has 0 spiro atoms. The summed E-state index contributed by atoms with van der Waals surface area (Å²) in [5.74, 6) is -0.535. The predicted molar refractivity (Wildman–Crippen MR) is 50.3 cm³/mol. The first-order valence-electron chi connectivity index (χ1n) is 4.48. The van der Waals surface area contributed by atoms with Crippen LogP contribution in [0.15, 0.2) is 12.4 Å². The van der Waals surface area contributed by atoms with E-state index in [1.807, 2.05) is 0 Å². The molecule has 8 heteroatoms. The number of halogens is 3. The van der Waals surface area contributed by atoms with E-state index in [1.165, 1.54) is 17.1 Å². The van der Waals surface area contributed by atoms with Crippen LogP contribution in [-0.2, 0) is 11.3 Å². The number of rotatable bonds is 4. The summed E-state index contributed by atoms with van der Waals surface area (Å²) in [4.78, 5) is 11.1. The van der Waals surface area contributed by atoms with Gasteiger partial charge in [-0.25, -0.2) is 0 Å². The zero-order valence-corrected chi connectivity index (χ0v) is 8.29. The van der Waals surface area contributed by atoms with Crippen molar-refractivity contribution in [3.63, 3.8) is 0 Å². The smallest absolute Gasteiger partial charge is 0.390 e. The summed E-state index contributed by atoms with van der Waals surface area (Å²) >= 11 is 0. The summed E-state index contributed by atoms with van der Waals surface area (Å²) in [6.45, 7) is -0.575. The van der Waals surface area contributed by atoms with Gasteiger partial charge in [-0.1, -0.05) is 0 Å². The third-order valence-corrected chi connectivity index (χ3v) is 1.69. The molecule has 0 aliphatic rings. The number of alkyl halides is 3. The quantitative estimate of drug-likeness (QED) is 0.801. The molecule has 16 heavy (non-hydrogen) atoms. The first-order valence-corrected chi connectivity index (χ1v) is 4.48. The number of hydrogen-bond donors (Lipinski definition) is 2. The SMILES string of the molecule is Nc1cnn(CC(=O)NCCC(F)(F)F)c1. The third kappa shape index (κ3) is 4.67. The van der Waals surface area contributed by atoms with Gasteiger partial charge in [-0.15, -0.1) is 0 Å². The third-order valence-electron chi connectivity index (χ3n) is 1.69. The molecule has 0 unspecified atom stereocenters. The second-order valence-electron chi connectivity index (χ2n) is 3.19. The molecule has 0 aromatic carbocycles. The van der Waals surface area contributed by atoms with E-state index in [1.54, 1.807) is 0 Å². The number of nitrogens with zero attached hydrogens (tertiary/aromatic N) is 2. The Morgan fingerprint density at radius 2 is 2.25 bits per heavy atom. The highest BCUT2D eigenvalue weighted by Crippen LogP contribution is 2.17. The van der Waals surface area contributed by atoms with E-state index in [9.17, 15) is 18.0 Å². The molecule has 1 rings (SSSR count). The molecular weight excluding hydrogens is 225 g/mol. The number of hydrogen-bond acceptors (Lipinski definition) is 3. The molecular formula is C8H11F3N4O. The number of nitrogen functional groups attached to an aromatic ring is 1. The van der Waals surface area contributed by atoms with Gasteiger partial charge in [0.1, 0.15) is 6.54 Å². The second-order valence-corrected chi connectivity index (χ2v) is 3.19. The van der Waals surface area contributed by atoms with Crippen LogP contribution in [0, 0.1) is 0 Å². The van der Waals surface area contributed by atoms with Crippen LogP contribution in [0.5, 0.6) is 0 Å². The molecule has 1 aromatic rings. The fourth-order valence-electron chi connectivity index (χ4n) is 1.01. The number of nitrogens with one attached hydrogen (secondary N) is 1. The topological polar surface area (TPSA) is 72.9 Å². The van der Waals surface area contributed by atoms with Crippen LogP contribution in [0.1, 0.15) is 6.42 Å². The summed E-state index contributed by atoms with van der Waals surface area (Å²) in [5.41, 5.74) is 5.74. The van der Waals surface area contributed by atoms with E-state index < -0.39 is 25.0 Å². The maximum Gasteiger partial charge on any atom is 0.390 e. The van der Waals surface area contributed by atoms with E-state index in [2.05, 4.69) is 10.4 Å². The minimum atomic E-state index is -4.26. The molecule has 90 valence electrons. The van der Waals surface area contributed by atoms with Crippen LogP contribution in [0.2, 0.25) is 0 Å². The lowest BCUT2D eigenvalue weighted by molar-refractivity contribution is -0.135. The minimum Gasteiger partial charge on any atom is -0.396 e. The van der Waals surface area contributed by atoms with E-state index in [4.69, 9.17) is 5.73 Å². The van der Waals surface area contributed by atoms with Gasteiger partial charge in [0, 0.05) is 12.7 Å². The highest BCUT2D eigenvalue weighted by Gasteiger charge is 2.26. The monoisotopic (exact) mass is 236 g/mol. The van der Waals surface area contributed by atoms with Crippen molar-refractivity contribution in [2.45, 2.75) is 19.1 Å². The largest absolute Gasteiger partial charge is 0.396 e. The normalized spacial score (nSPS) is 11.4. The molecule has 0 aliphatic heterocycles. The minimum absolute atomic E-state index is 0.144. The van der Waals surface area contributed by atoms with Crippen molar-refractivity contribution in [2.75, 3.05) is 12.3 Å². The van der Waals surface area contributed by atoms with E-state index in [0.29, 0.717) is 5.69 Å². The summed E-state index contributed by atoms with van der Waals surface area (Å²) < 4.78 is 36.5. The van der Waals surface area contributed by atoms with Crippen LogP contribution in [-0.4, -0.2) is 28.4 Å². The van der Waals surface area contributed by atoms with Crippen molar-refractivity contribution in [2.24, 2.45) is 0 Å².